The zero-order valence-electron chi connectivity index (χ0n) is 31.6. The molecule has 2 unspecified atom stereocenters. The van der Waals surface area contributed by atoms with Crippen LogP contribution in [0.25, 0.3) is 11.0 Å². The van der Waals surface area contributed by atoms with Gasteiger partial charge >= 0.3 is 11.9 Å². The molecule has 4 N–H and O–H groups in total. The molecule has 14 nitrogen and oxygen atoms in total. The number of aryl methyl sites for hydroxylation is 1. The minimum Gasteiger partial charge on any atom is -0.504 e. The van der Waals surface area contributed by atoms with E-state index in [1.807, 2.05) is 56.1 Å². The molecule has 2 saturated heterocycles. The highest BCUT2D eigenvalue weighted by atomic mass is 32.2. The molecule has 3 aromatic carbocycles. The Labute approximate surface area is 326 Å². The van der Waals surface area contributed by atoms with Gasteiger partial charge in [-0.05, 0) is 44.5 Å². The van der Waals surface area contributed by atoms with Crippen molar-refractivity contribution in [2.45, 2.75) is 74.3 Å². The number of hydrogen-bond acceptors (Lipinski definition) is 15. The lowest BCUT2D eigenvalue weighted by Gasteiger charge is -2.60. The second kappa shape index (κ2) is 12.5. The summed E-state index contributed by atoms with van der Waals surface area (Å²) in [6.45, 7) is 4.70. The SMILES string of the molecule is COc1c(C)cc2c(c1O)[C@@H]1[C@@H]3[C@@H]4SC[C@]5(N[C@@H](CO)Cc6c5oc5ccccc65)C(=O)OC[C@@H](c5c6c(c(C)c(OC(C)=O)c54)OCO6)N3C(O)(C2)CN1C. The number of nitrogens with one attached hydrogen (secondary N) is 1. The molecule has 12 rings (SSSR count). The number of phenolic OH excluding ortho intramolecular Hbond substituents is 1. The summed E-state index contributed by atoms with van der Waals surface area (Å²) in [5, 5.41) is 39.6. The Morgan fingerprint density at radius 1 is 1.11 bits per heavy atom. The molecular weight excluding hydrogens is 743 g/mol. The summed E-state index contributed by atoms with van der Waals surface area (Å²) in [5.74, 6) is 0.911. The maximum atomic E-state index is 14.9. The molecule has 1 spiro atoms. The number of aliphatic hydroxyl groups excluding tert-OH is 1. The number of fused-ring (bicyclic) bond motifs is 8. The van der Waals surface area contributed by atoms with Gasteiger partial charge < -0.3 is 43.4 Å². The van der Waals surface area contributed by atoms with E-state index in [2.05, 4.69) is 10.2 Å². The average molecular weight is 786 g/mol. The number of carbonyl (C=O) groups is 2. The number of thioether (sulfide) groups is 1. The zero-order valence-corrected chi connectivity index (χ0v) is 32.5. The van der Waals surface area contributed by atoms with Crippen molar-refractivity contribution in [1.29, 1.82) is 0 Å². The number of methoxy groups -OCH3 is 1. The lowest BCUT2D eigenvalue weighted by molar-refractivity contribution is -0.215. The molecule has 8 aliphatic heterocycles. The van der Waals surface area contributed by atoms with Gasteiger partial charge in [-0.25, -0.2) is 4.79 Å². The highest BCUT2D eigenvalue weighted by molar-refractivity contribution is 7.99. The molecule has 15 heteroatoms. The molecule has 0 amide bonds. The van der Waals surface area contributed by atoms with E-state index in [1.165, 1.54) is 25.8 Å². The van der Waals surface area contributed by atoms with Crippen LogP contribution in [-0.4, -0.2) is 101 Å². The molecule has 2 fully saturated rings. The molecular formula is C41H43N3O11S. The molecule has 8 atom stereocenters. The average Bonchev–Trinajstić information content (AvgIpc) is 3.76. The van der Waals surface area contributed by atoms with E-state index in [0.717, 1.165) is 22.1 Å². The number of hydrogen-bond donors (Lipinski definition) is 4. The number of piperazine rings is 1. The van der Waals surface area contributed by atoms with Crippen molar-refractivity contribution in [2.24, 2.45) is 0 Å². The van der Waals surface area contributed by atoms with Crippen molar-refractivity contribution in [2.75, 3.05) is 46.5 Å². The topological polar surface area (TPSA) is 173 Å². The molecule has 0 aliphatic carbocycles. The number of esters is 2. The lowest BCUT2D eigenvalue weighted by atomic mass is 9.78. The third kappa shape index (κ3) is 4.75. The summed E-state index contributed by atoms with van der Waals surface area (Å²) in [6, 6.07) is 7.13. The quantitative estimate of drug-likeness (QED) is 0.174. The van der Waals surface area contributed by atoms with Crippen molar-refractivity contribution < 1.29 is 53.0 Å². The van der Waals surface area contributed by atoms with Crippen LogP contribution in [0.3, 0.4) is 0 Å². The maximum Gasteiger partial charge on any atom is 0.335 e. The third-order valence-electron chi connectivity index (χ3n) is 12.6. The summed E-state index contributed by atoms with van der Waals surface area (Å²) in [6.07, 6.45) is 0.591. The van der Waals surface area contributed by atoms with Gasteiger partial charge in [0.15, 0.2) is 28.5 Å². The van der Waals surface area contributed by atoms with Crippen LogP contribution >= 0.6 is 11.8 Å². The first-order valence-electron chi connectivity index (χ1n) is 18.8. The normalized spacial score (nSPS) is 31.3. The summed E-state index contributed by atoms with van der Waals surface area (Å²) >= 11 is 1.44. The predicted octanol–water partition coefficient (Wildman–Crippen LogP) is 3.81. The van der Waals surface area contributed by atoms with Gasteiger partial charge in [0.25, 0.3) is 0 Å². The summed E-state index contributed by atoms with van der Waals surface area (Å²) in [5.41, 5.74) is 2.36. The molecule has 8 aliphatic rings. The maximum absolute atomic E-state index is 14.9. The summed E-state index contributed by atoms with van der Waals surface area (Å²) in [4.78, 5) is 32.0. The standard InChI is InChI=1S/C41H43N3O11S/c1-18-10-21-12-40(49)15-43(4)30(27(21)32(47)33(18)50-5)31-37-29-28(36-35(52-17-53-36)19(2)34(29)54-20(3)46)25(44(31)40)14-51-39(48)41(16-56-37)38-24(11-22(13-45)42-41)23-8-6-7-9-26(23)55-38/h6-10,22,25,30-31,37,42,45,47,49H,11-17H2,1-5H3/t22-,25+,30-,31-,37-,40?,41-/m1/s1. The van der Waals surface area contributed by atoms with Crippen molar-refractivity contribution in [1.82, 2.24) is 15.1 Å². The number of furan rings is 1. The van der Waals surface area contributed by atoms with Gasteiger partial charge in [-0.3, -0.25) is 19.9 Å². The number of ether oxygens (including phenoxy) is 5. The minimum atomic E-state index is -1.53. The van der Waals surface area contributed by atoms with E-state index >= 15 is 0 Å². The number of phenols is 1. The number of carbonyl (C=O) groups excluding carboxylic acids is 2. The van der Waals surface area contributed by atoms with Crippen molar-refractivity contribution >= 4 is 34.7 Å². The fourth-order valence-corrected chi connectivity index (χ4v) is 12.3. The monoisotopic (exact) mass is 785 g/mol. The van der Waals surface area contributed by atoms with Crippen LogP contribution in [0.4, 0.5) is 0 Å². The molecule has 4 aromatic rings. The minimum absolute atomic E-state index is 0.000248. The number of aromatic hydroxyl groups is 1. The Balaban J connectivity index is 1.26. The molecule has 294 valence electrons. The van der Waals surface area contributed by atoms with Gasteiger partial charge in [-0.1, -0.05) is 24.3 Å². The first kappa shape index (κ1) is 35.9. The first-order valence-corrected chi connectivity index (χ1v) is 19.9. The van der Waals surface area contributed by atoms with Crippen LogP contribution in [0.1, 0.15) is 69.0 Å². The van der Waals surface area contributed by atoms with Crippen LogP contribution in [-0.2, 0) is 32.7 Å². The smallest absolute Gasteiger partial charge is 0.335 e. The number of nitrogens with zero attached hydrogens (tertiary/aromatic N) is 2. The van der Waals surface area contributed by atoms with Crippen molar-refractivity contribution in [3.63, 3.8) is 0 Å². The molecule has 56 heavy (non-hydrogen) atoms. The van der Waals surface area contributed by atoms with Crippen LogP contribution in [0, 0.1) is 13.8 Å². The van der Waals surface area contributed by atoms with Gasteiger partial charge in [0, 0.05) is 70.9 Å². The lowest BCUT2D eigenvalue weighted by Crippen LogP contribution is -2.70. The van der Waals surface area contributed by atoms with Crippen molar-refractivity contribution in [3.05, 3.63) is 75.0 Å². The molecule has 0 saturated carbocycles. The van der Waals surface area contributed by atoms with Crippen LogP contribution in [0.5, 0.6) is 28.7 Å². The van der Waals surface area contributed by atoms with E-state index in [0.29, 0.717) is 63.0 Å². The van der Waals surface area contributed by atoms with Gasteiger partial charge in [-0.15, -0.1) is 11.8 Å². The van der Waals surface area contributed by atoms with E-state index in [1.54, 1.807) is 0 Å². The van der Waals surface area contributed by atoms with Crippen LogP contribution < -0.4 is 24.3 Å². The largest absolute Gasteiger partial charge is 0.504 e. The first-order chi connectivity index (χ1) is 26.9. The number of likely N-dealkylation sites (N-methyl/N-ethyl adjacent to an activating group) is 1. The predicted molar refractivity (Wildman–Crippen MR) is 202 cm³/mol. The number of benzene rings is 3. The molecule has 4 bridgehead atoms. The van der Waals surface area contributed by atoms with Crippen LogP contribution in [0.2, 0.25) is 0 Å². The number of rotatable bonds is 3. The van der Waals surface area contributed by atoms with E-state index in [-0.39, 0.29) is 44.5 Å². The molecule has 0 radical (unpaired) electrons. The summed E-state index contributed by atoms with van der Waals surface area (Å²) < 4.78 is 37.2. The fraction of sp³-hybridized carbons (Fsp3) is 0.463. The fourth-order valence-electron chi connectivity index (χ4n) is 10.7. The van der Waals surface area contributed by atoms with Gasteiger partial charge in [0.1, 0.15) is 29.4 Å². The number of para-hydroxylation sites is 1. The van der Waals surface area contributed by atoms with E-state index in [4.69, 9.17) is 28.1 Å². The Hall–Kier alpha value is -4.51. The molecule has 1 aromatic heterocycles. The zero-order chi connectivity index (χ0) is 39.0. The third-order valence-corrected chi connectivity index (χ3v) is 14.1. The second-order valence-electron chi connectivity index (χ2n) is 15.9. The molecule has 9 heterocycles. The van der Waals surface area contributed by atoms with Crippen LogP contribution in [0.15, 0.2) is 34.7 Å². The Morgan fingerprint density at radius 3 is 2.66 bits per heavy atom. The Bertz CT molecular complexity index is 2360. The summed E-state index contributed by atoms with van der Waals surface area (Å²) in [7, 11) is 3.46. The highest BCUT2D eigenvalue weighted by Gasteiger charge is 2.64. The van der Waals surface area contributed by atoms with Gasteiger partial charge in [0.2, 0.25) is 6.79 Å². The second-order valence-corrected chi connectivity index (χ2v) is 17.0. The Kier molecular flexibility index (Phi) is 8.00. The van der Waals surface area contributed by atoms with Gasteiger partial charge in [-0.2, -0.15) is 0 Å². The highest BCUT2D eigenvalue weighted by Crippen LogP contribution is 2.65. The number of aliphatic hydroxyl groups is 2. The van der Waals surface area contributed by atoms with E-state index in [9.17, 15) is 24.9 Å². The Morgan fingerprint density at radius 2 is 1.89 bits per heavy atom. The van der Waals surface area contributed by atoms with Gasteiger partial charge in [0.05, 0.1) is 31.1 Å². The van der Waals surface area contributed by atoms with Crippen molar-refractivity contribution in [3.8, 4) is 28.7 Å². The van der Waals surface area contributed by atoms with E-state index < -0.39 is 52.6 Å².